The summed E-state index contributed by atoms with van der Waals surface area (Å²) in [6, 6.07) is 47.1. The van der Waals surface area contributed by atoms with E-state index in [0.717, 1.165) is 80.8 Å². The first-order chi connectivity index (χ1) is 25.1. The summed E-state index contributed by atoms with van der Waals surface area (Å²) in [5, 5.41) is 4.59. The lowest BCUT2D eigenvalue weighted by Gasteiger charge is -2.33. The average Bonchev–Trinajstić information content (AvgIpc) is 3.96. The first kappa shape index (κ1) is 33.0. The van der Waals surface area contributed by atoms with Crippen LogP contribution in [0.1, 0.15) is 55.2 Å². The molecule has 51 heavy (non-hydrogen) atoms. The standard InChI is InChI=1S/C45H38N4S2/c1-3-45(4-2,35-23-19-33(20-24-35)43-46-37(31-13-7-5-8-14-31)29-39(48-43)41-17-11-27-50-41)36-25-21-34(22-26-36)44-47-38(32-15-9-6-10-16-32)30-40(49-44)42-18-12-28-51-42/h5-17,19-30,42H,3-4,18H2,1-2H3. The van der Waals surface area contributed by atoms with E-state index in [1.165, 1.54) is 11.1 Å². The second-order valence-electron chi connectivity index (χ2n) is 12.8. The zero-order valence-electron chi connectivity index (χ0n) is 28.7. The van der Waals surface area contributed by atoms with E-state index in [1.54, 1.807) is 11.3 Å². The lowest BCUT2D eigenvalue weighted by atomic mass is 9.70. The summed E-state index contributed by atoms with van der Waals surface area (Å²) in [5.41, 5.74) is 10.6. The van der Waals surface area contributed by atoms with Gasteiger partial charge in [-0.1, -0.05) is 135 Å². The van der Waals surface area contributed by atoms with Crippen LogP contribution in [-0.2, 0) is 5.41 Å². The molecule has 0 saturated carbocycles. The van der Waals surface area contributed by atoms with E-state index in [-0.39, 0.29) is 5.41 Å². The first-order valence-electron chi connectivity index (χ1n) is 17.6. The van der Waals surface area contributed by atoms with Crippen LogP contribution in [0.5, 0.6) is 0 Å². The molecule has 0 saturated heterocycles. The minimum Gasteiger partial charge on any atom is -0.232 e. The number of hydrogen-bond acceptors (Lipinski definition) is 6. The first-order valence-corrected chi connectivity index (χ1v) is 19.4. The number of thiophene rings is 1. The molecule has 1 aliphatic heterocycles. The fourth-order valence-electron chi connectivity index (χ4n) is 7.09. The average molecular weight is 699 g/mol. The number of benzene rings is 4. The van der Waals surface area contributed by atoms with Gasteiger partial charge in [-0.3, -0.25) is 0 Å². The monoisotopic (exact) mass is 698 g/mol. The Morgan fingerprint density at radius 1 is 0.569 bits per heavy atom. The maximum absolute atomic E-state index is 5.10. The SMILES string of the molecule is CCC(CC)(c1ccc(-c2nc(-c3ccccc3)cc(-c3cccs3)n2)cc1)c1ccc(-c2nc(-c3ccccc3)cc(C3CC=CS3)n2)cc1. The van der Waals surface area contributed by atoms with Crippen molar-refractivity contribution in [3.8, 4) is 55.9 Å². The highest BCUT2D eigenvalue weighted by Gasteiger charge is 2.31. The minimum absolute atomic E-state index is 0.143. The predicted octanol–water partition coefficient (Wildman–Crippen LogP) is 12.5. The predicted molar refractivity (Wildman–Crippen MR) is 215 cm³/mol. The Morgan fingerprint density at radius 3 is 1.63 bits per heavy atom. The Hall–Kier alpha value is -5.17. The topological polar surface area (TPSA) is 51.6 Å². The van der Waals surface area contributed by atoms with Crippen molar-refractivity contribution in [3.05, 3.63) is 167 Å². The molecule has 0 N–H and O–H groups in total. The molecule has 1 unspecified atom stereocenters. The molecule has 6 heteroatoms. The molecule has 0 aliphatic carbocycles. The highest BCUT2D eigenvalue weighted by atomic mass is 32.2. The van der Waals surface area contributed by atoms with E-state index in [4.69, 9.17) is 19.9 Å². The summed E-state index contributed by atoms with van der Waals surface area (Å²) >= 11 is 3.53. The van der Waals surface area contributed by atoms with E-state index in [2.05, 4.69) is 152 Å². The molecule has 3 aromatic heterocycles. The Kier molecular flexibility index (Phi) is 9.44. The Bertz CT molecular complexity index is 2250. The summed E-state index contributed by atoms with van der Waals surface area (Å²) in [4.78, 5) is 21.4. The van der Waals surface area contributed by atoms with Crippen LogP contribution in [0.25, 0.3) is 55.9 Å². The Labute approximate surface area is 308 Å². The molecule has 8 rings (SSSR count). The van der Waals surface area contributed by atoms with Crippen molar-refractivity contribution in [2.75, 3.05) is 0 Å². The van der Waals surface area contributed by atoms with Gasteiger partial charge >= 0.3 is 0 Å². The van der Waals surface area contributed by atoms with Gasteiger partial charge in [0.25, 0.3) is 0 Å². The van der Waals surface area contributed by atoms with Gasteiger partial charge in [0, 0.05) is 27.7 Å². The van der Waals surface area contributed by atoms with E-state index in [0.29, 0.717) is 5.25 Å². The molecular formula is C45H38N4S2. The molecule has 4 nitrogen and oxygen atoms in total. The lowest BCUT2D eigenvalue weighted by molar-refractivity contribution is 0.478. The zero-order chi connectivity index (χ0) is 34.6. The number of rotatable bonds is 10. The second kappa shape index (κ2) is 14.6. The molecule has 4 heterocycles. The molecule has 0 radical (unpaired) electrons. The van der Waals surface area contributed by atoms with Gasteiger partial charge in [0.2, 0.25) is 0 Å². The lowest BCUT2D eigenvalue weighted by Crippen LogP contribution is -2.26. The van der Waals surface area contributed by atoms with Crippen molar-refractivity contribution in [3.63, 3.8) is 0 Å². The van der Waals surface area contributed by atoms with Crippen LogP contribution < -0.4 is 0 Å². The van der Waals surface area contributed by atoms with Crippen molar-refractivity contribution in [2.45, 2.75) is 43.8 Å². The van der Waals surface area contributed by atoms with Gasteiger partial charge in [-0.05, 0) is 59.4 Å². The Balaban J connectivity index is 1.12. The van der Waals surface area contributed by atoms with Crippen molar-refractivity contribution in [1.82, 2.24) is 19.9 Å². The van der Waals surface area contributed by atoms with Gasteiger partial charge in [-0.25, -0.2) is 19.9 Å². The van der Waals surface area contributed by atoms with Crippen LogP contribution in [0.4, 0.5) is 0 Å². The summed E-state index contributed by atoms with van der Waals surface area (Å²) in [6.07, 6.45) is 5.16. The number of allylic oxidation sites excluding steroid dienone is 1. The van der Waals surface area contributed by atoms with E-state index in [9.17, 15) is 0 Å². The fourth-order valence-corrected chi connectivity index (χ4v) is 8.67. The van der Waals surface area contributed by atoms with Gasteiger partial charge in [-0.15, -0.1) is 23.1 Å². The van der Waals surface area contributed by atoms with Crippen LogP contribution in [0.2, 0.25) is 0 Å². The third-order valence-corrected chi connectivity index (χ3v) is 12.0. The van der Waals surface area contributed by atoms with Crippen LogP contribution in [0, 0.1) is 0 Å². The van der Waals surface area contributed by atoms with Crippen molar-refractivity contribution in [1.29, 1.82) is 0 Å². The van der Waals surface area contributed by atoms with Gasteiger partial charge in [0.1, 0.15) is 0 Å². The number of hydrogen-bond donors (Lipinski definition) is 0. The molecule has 0 bridgehead atoms. The van der Waals surface area contributed by atoms with Crippen LogP contribution in [0.3, 0.4) is 0 Å². The number of nitrogens with zero attached hydrogens (tertiary/aromatic N) is 4. The van der Waals surface area contributed by atoms with E-state index in [1.807, 2.05) is 23.9 Å². The van der Waals surface area contributed by atoms with E-state index < -0.39 is 0 Å². The maximum Gasteiger partial charge on any atom is 0.160 e. The van der Waals surface area contributed by atoms with Crippen LogP contribution in [-0.4, -0.2) is 19.9 Å². The van der Waals surface area contributed by atoms with Crippen LogP contribution >= 0.6 is 23.1 Å². The third-order valence-electron chi connectivity index (χ3n) is 10.0. The van der Waals surface area contributed by atoms with Crippen molar-refractivity contribution >= 4 is 23.1 Å². The maximum atomic E-state index is 5.10. The van der Waals surface area contributed by atoms with Gasteiger partial charge in [-0.2, -0.15) is 0 Å². The number of thioether (sulfide) groups is 1. The summed E-state index contributed by atoms with van der Waals surface area (Å²) < 4.78 is 0. The molecule has 0 fully saturated rings. The quantitative estimate of drug-likeness (QED) is 0.142. The van der Waals surface area contributed by atoms with Crippen molar-refractivity contribution < 1.29 is 0 Å². The zero-order valence-corrected chi connectivity index (χ0v) is 30.4. The molecule has 0 amide bonds. The molecule has 1 aliphatic rings. The van der Waals surface area contributed by atoms with Gasteiger partial charge in [0.15, 0.2) is 11.6 Å². The smallest absolute Gasteiger partial charge is 0.160 e. The molecular weight excluding hydrogens is 661 g/mol. The highest BCUT2D eigenvalue weighted by molar-refractivity contribution is 8.02. The summed E-state index contributed by atoms with van der Waals surface area (Å²) in [5.74, 6) is 1.51. The normalized spacial score (nSPS) is 14.2. The van der Waals surface area contributed by atoms with Gasteiger partial charge in [0.05, 0.1) is 32.9 Å². The largest absolute Gasteiger partial charge is 0.232 e. The molecule has 7 aromatic rings. The van der Waals surface area contributed by atoms with E-state index >= 15 is 0 Å². The summed E-state index contributed by atoms with van der Waals surface area (Å²) in [6.45, 7) is 4.58. The highest BCUT2D eigenvalue weighted by Crippen LogP contribution is 2.42. The fraction of sp³-hybridized carbons (Fsp3) is 0.156. The molecule has 0 spiro atoms. The van der Waals surface area contributed by atoms with Crippen molar-refractivity contribution in [2.24, 2.45) is 0 Å². The van der Waals surface area contributed by atoms with Crippen LogP contribution in [0.15, 0.2) is 150 Å². The number of aromatic nitrogens is 4. The second-order valence-corrected chi connectivity index (χ2v) is 14.9. The summed E-state index contributed by atoms with van der Waals surface area (Å²) in [7, 11) is 0. The molecule has 4 aromatic carbocycles. The minimum atomic E-state index is -0.143. The third kappa shape index (κ3) is 6.69. The Morgan fingerprint density at radius 2 is 1.12 bits per heavy atom. The molecule has 250 valence electrons. The molecule has 1 atom stereocenters. The van der Waals surface area contributed by atoms with Gasteiger partial charge < -0.3 is 0 Å².